The highest BCUT2D eigenvalue weighted by atomic mass is 33.1. The average Bonchev–Trinajstić information content (AvgIpc) is 2.78. The van der Waals surface area contributed by atoms with E-state index in [0.717, 1.165) is 10.5 Å². The minimum atomic E-state index is -1.40. The Balaban J connectivity index is 2.22. The number of aliphatic carboxylic acids is 2. The molecule has 4 nitrogen and oxygen atoms in total. The Morgan fingerprint density at radius 3 is 2.28 bits per heavy atom. The fraction of sp³-hybridized carbons (Fsp3) is 0.167. The summed E-state index contributed by atoms with van der Waals surface area (Å²) in [7, 11) is 2.69. The van der Waals surface area contributed by atoms with Crippen LogP contribution in [0.4, 0.5) is 0 Å². The van der Waals surface area contributed by atoms with Crippen molar-refractivity contribution in [3.8, 4) is 0 Å². The standard InChI is InChI=1S/C12H10O4S2/c13-11(14)10(12(15)16)9-6-8(17-18-9)7-4-2-1-3-5-7/h1-6,9-10H,(H,13,14)(H,15,16). The molecule has 2 N–H and O–H groups in total. The summed E-state index contributed by atoms with van der Waals surface area (Å²) in [5, 5.41) is 17.3. The summed E-state index contributed by atoms with van der Waals surface area (Å²) in [4.78, 5) is 22.8. The molecule has 0 amide bonds. The maximum Gasteiger partial charge on any atom is 0.319 e. The van der Waals surface area contributed by atoms with Crippen LogP contribution >= 0.6 is 21.6 Å². The molecule has 94 valence electrons. The first-order valence-corrected chi connectivity index (χ1v) is 7.37. The zero-order chi connectivity index (χ0) is 13.1. The van der Waals surface area contributed by atoms with Gasteiger partial charge in [-0.2, -0.15) is 0 Å². The van der Waals surface area contributed by atoms with Crippen molar-refractivity contribution in [3.63, 3.8) is 0 Å². The summed E-state index contributed by atoms with van der Waals surface area (Å²) in [5.41, 5.74) is 0.979. The molecule has 1 unspecified atom stereocenters. The minimum absolute atomic E-state index is 0.541. The summed E-state index contributed by atoms with van der Waals surface area (Å²) in [6.07, 6.45) is 1.72. The molecule has 0 spiro atoms. The van der Waals surface area contributed by atoms with Gasteiger partial charge in [0.2, 0.25) is 0 Å². The monoisotopic (exact) mass is 282 g/mol. The molecule has 0 bridgehead atoms. The molecule has 1 heterocycles. The number of carbonyl (C=O) groups is 2. The Morgan fingerprint density at radius 1 is 1.11 bits per heavy atom. The number of hydrogen-bond acceptors (Lipinski definition) is 4. The molecule has 0 saturated heterocycles. The lowest BCUT2D eigenvalue weighted by atomic mass is 10.0. The van der Waals surface area contributed by atoms with E-state index in [0.29, 0.717) is 0 Å². The van der Waals surface area contributed by atoms with E-state index >= 15 is 0 Å². The van der Waals surface area contributed by atoms with Crippen LogP contribution < -0.4 is 0 Å². The van der Waals surface area contributed by atoms with Crippen molar-refractivity contribution in [2.24, 2.45) is 5.92 Å². The number of rotatable bonds is 4. The Morgan fingerprint density at radius 2 is 1.72 bits per heavy atom. The van der Waals surface area contributed by atoms with Crippen LogP contribution in [0.25, 0.3) is 4.91 Å². The van der Waals surface area contributed by atoms with Crippen LogP contribution in [0.1, 0.15) is 5.56 Å². The van der Waals surface area contributed by atoms with E-state index in [1.165, 1.54) is 21.6 Å². The van der Waals surface area contributed by atoms with E-state index in [2.05, 4.69) is 0 Å². The van der Waals surface area contributed by atoms with Crippen LogP contribution in [-0.4, -0.2) is 27.4 Å². The van der Waals surface area contributed by atoms with Crippen LogP contribution in [0.2, 0.25) is 0 Å². The maximum absolute atomic E-state index is 10.9. The van der Waals surface area contributed by atoms with Crippen molar-refractivity contribution in [2.75, 3.05) is 0 Å². The molecule has 1 aromatic carbocycles. The lowest BCUT2D eigenvalue weighted by molar-refractivity contribution is -0.153. The van der Waals surface area contributed by atoms with Gasteiger partial charge in [-0.15, -0.1) is 0 Å². The molecule has 0 fully saturated rings. The zero-order valence-electron chi connectivity index (χ0n) is 9.15. The van der Waals surface area contributed by atoms with Gasteiger partial charge in [0.15, 0.2) is 5.92 Å². The second-order valence-corrected chi connectivity index (χ2v) is 6.12. The summed E-state index contributed by atoms with van der Waals surface area (Å²) in [5.74, 6) is -4.00. The first kappa shape index (κ1) is 13.0. The topological polar surface area (TPSA) is 74.6 Å². The van der Waals surface area contributed by atoms with E-state index in [1.807, 2.05) is 30.3 Å². The quantitative estimate of drug-likeness (QED) is 0.653. The molecular weight excluding hydrogens is 272 g/mol. The van der Waals surface area contributed by atoms with E-state index in [4.69, 9.17) is 10.2 Å². The second-order valence-electron chi connectivity index (χ2n) is 3.70. The molecule has 1 aliphatic heterocycles. The van der Waals surface area contributed by atoms with Gasteiger partial charge in [-0.3, -0.25) is 9.59 Å². The van der Waals surface area contributed by atoms with Gasteiger partial charge in [0.1, 0.15) is 0 Å². The van der Waals surface area contributed by atoms with E-state index in [-0.39, 0.29) is 0 Å². The Labute approximate surface area is 111 Å². The van der Waals surface area contributed by atoms with Gasteiger partial charge in [0, 0.05) is 4.91 Å². The van der Waals surface area contributed by atoms with E-state index in [1.54, 1.807) is 6.08 Å². The number of carboxylic acid groups (broad SMARTS) is 2. The summed E-state index contributed by atoms with van der Waals surface area (Å²) in [6.45, 7) is 0. The van der Waals surface area contributed by atoms with Crippen LogP contribution in [0.3, 0.4) is 0 Å². The molecule has 0 aliphatic carbocycles. The lowest BCUT2D eigenvalue weighted by Crippen LogP contribution is -2.31. The normalized spacial score (nSPS) is 18.7. The molecule has 0 saturated carbocycles. The first-order chi connectivity index (χ1) is 8.59. The fourth-order valence-corrected chi connectivity index (χ4v) is 4.47. The van der Waals surface area contributed by atoms with Crippen molar-refractivity contribution in [1.82, 2.24) is 0 Å². The highest BCUT2D eigenvalue weighted by Gasteiger charge is 2.37. The predicted molar refractivity (Wildman–Crippen MR) is 72.2 cm³/mol. The molecule has 1 aliphatic rings. The van der Waals surface area contributed by atoms with Crippen molar-refractivity contribution in [1.29, 1.82) is 0 Å². The van der Waals surface area contributed by atoms with Crippen LogP contribution in [0.15, 0.2) is 36.4 Å². The summed E-state index contributed by atoms with van der Waals surface area (Å²) >= 11 is 0. The van der Waals surface area contributed by atoms with Crippen LogP contribution in [-0.2, 0) is 9.59 Å². The van der Waals surface area contributed by atoms with Gasteiger partial charge in [-0.1, -0.05) is 58.0 Å². The fourth-order valence-electron chi connectivity index (χ4n) is 1.60. The third-order valence-electron chi connectivity index (χ3n) is 2.48. The van der Waals surface area contributed by atoms with Crippen LogP contribution in [0, 0.1) is 5.92 Å². The van der Waals surface area contributed by atoms with Gasteiger partial charge >= 0.3 is 11.9 Å². The van der Waals surface area contributed by atoms with Gasteiger partial charge in [-0.05, 0) is 5.56 Å². The lowest BCUT2D eigenvalue weighted by Gasteiger charge is -2.10. The molecular formula is C12H10O4S2. The van der Waals surface area contributed by atoms with Crippen molar-refractivity contribution in [2.45, 2.75) is 5.25 Å². The average molecular weight is 282 g/mol. The van der Waals surface area contributed by atoms with E-state index in [9.17, 15) is 9.59 Å². The maximum atomic E-state index is 10.9. The number of benzene rings is 1. The highest BCUT2D eigenvalue weighted by molar-refractivity contribution is 8.80. The molecule has 0 aromatic heterocycles. The highest BCUT2D eigenvalue weighted by Crippen LogP contribution is 2.49. The molecule has 2 rings (SSSR count). The summed E-state index contributed by atoms with van der Waals surface area (Å²) in [6, 6.07) is 9.50. The zero-order valence-corrected chi connectivity index (χ0v) is 10.8. The number of carboxylic acids is 2. The van der Waals surface area contributed by atoms with Crippen molar-refractivity contribution < 1.29 is 19.8 Å². The smallest absolute Gasteiger partial charge is 0.319 e. The Hall–Kier alpha value is -1.40. The van der Waals surface area contributed by atoms with Gasteiger partial charge < -0.3 is 10.2 Å². The summed E-state index contributed by atoms with van der Waals surface area (Å²) < 4.78 is 0. The molecule has 1 aromatic rings. The number of hydrogen-bond donors (Lipinski definition) is 2. The largest absolute Gasteiger partial charge is 0.481 e. The second kappa shape index (κ2) is 5.49. The minimum Gasteiger partial charge on any atom is -0.481 e. The molecule has 18 heavy (non-hydrogen) atoms. The SMILES string of the molecule is O=C(O)C(C(=O)O)C1C=C(c2ccccc2)SS1. The van der Waals surface area contributed by atoms with E-state index < -0.39 is 23.1 Å². The van der Waals surface area contributed by atoms with Gasteiger partial charge in [-0.25, -0.2) is 0 Å². The van der Waals surface area contributed by atoms with Gasteiger partial charge in [0.25, 0.3) is 0 Å². The third-order valence-corrected chi connectivity index (χ3v) is 5.26. The predicted octanol–water partition coefficient (Wildman–Crippen LogP) is 2.58. The molecule has 1 atom stereocenters. The molecule has 6 heteroatoms. The van der Waals surface area contributed by atoms with Crippen molar-refractivity contribution >= 4 is 38.4 Å². The Kier molecular flexibility index (Phi) is 3.98. The van der Waals surface area contributed by atoms with Crippen molar-refractivity contribution in [3.05, 3.63) is 42.0 Å². The Bertz CT molecular complexity index is 484. The van der Waals surface area contributed by atoms with Crippen LogP contribution in [0.5, 0.6) is 0 Å². The third kappa shape index (κ3) is 2.70. The van der Waals surface area contributed by atoms with Gasteiger partial charge in [0.05, 0.1) is 5.25 Å². The molecule has 0 radical (unpaired) electrons. The first-order valence-electron chi connectivity index (χ1n) is 5.16.